The maximum Gasteiger partial charge on any atom is 0.295 e. The zero-order chi connectivity index (χ0) is 15.2. The molecule has 1 aromatic heterocycles. The first kappa shape index (κ1) is 15.2. The first-order valence-electron chi connectivity index (χ1n) is 7.35. The fourth-order valence-electron chi connectivity index (χ4n) is 2.36. The number of benzene rings is 1. The molecule has 112 valence electrons. The minimum absolute atomic E-state index is 0.0518. The molecular formula is C16H21N3O2. The molecule has 0 bridgehead atoms. The Morgan fingerprint density at radius 1 is 1.29 bits per heavy atom. The topological polar surface area (TPSA) is 68.1 Å². The van der Waals surface area contributed by atoms with E-state index in [1.54, 1.807) is 18.3 Å². The summed E-state index contributed by atoms with van der Waals surface area (Å²) in [5.41, 5.74) is 1.40. The minimum atomic E-state index is -0.387. The fourth-order valence-corrected chi connectivity index (χ4v) is 2.36. The van der Waals surface area contributed by atoms with Gasteiger partial charge in [0.25, 0.3) is 5.69 Å². The number of fused-ring (bicyclic) bond motifs is 1. The Bertz CT molecular complexity index is 626. The number of hydrogen-bond donors (Lipinski definition) is 1. The number of nitro groups is 1. The molecule has 1 N–H and O–H groups in total. The van der Waals surface area contributed by atoms with Gasteiger partial charge in [0.1, 0.15) is 5.52 Å². The van der Waals surface area contributed by atoms with Crippen LogP contribution in [0.5, 0.6) is 0 Å². The van der Waals surface area contributed by atoms with Crippen molar-refractivity contribution in [1.29, 1.82) is 0 Å². The lowest BCUT2D eigenvalue weighted by atomic mass is 10.1. The normalized spacial score (nSPS) is 11.0. The molecule has 0 aliphatic heterocycles. The number of nitrogens with zero attached hydrogens (tertiary/aromatic N) is 2. The van der Waals surface area contributed by atoms with Gasteiger partial charge < -0.3 is 5.32 Å². The van der Waals surface area contributed by atoms with E-state index in [1.165, 1.54) is 18.9 Å². The van der Waals surface area contributed by atoms with Crippen molar-refractivity contribution in [3.05, 3.63) is 40.6 Å². The predicted octanol–water partition coefficient (Wildman–Crippen LogP) is 4.38. The van der Waals surface area contributed by atoms with E-state index in [0.717, 1.165) is 30.0 Å². The smallest absolute Gasteiger partial charge is 0.295 e. The number of rotatable bonds is 7. The SMILES string of the molecule is CC(C)CCCCNc1ccc([N+](=O)[O-])c2ncccc12. The van der Waals surface area contributed by atoms with Gasteiger partial charge in [0.2, 0.25) is 0 Å². The molecule has 1 aromatic carbocycles. The number of nitrogens with one attached hydrogen (secondary N) is 1. The molecule has 0 amide bonds. The molecule has 0 spiro atoms. The lowest BCUT2D eigenvalue weighted by Gasteiger charge is -2.10. The molecule has 0 saturated carbocycles. The highest BCUT2D eigenvalue weighted by Crippen LogP contribution is 2.29. The summed E-state index contributed by atoms with van der Waals surface area (Å²) in [6, 6.07) is 6.96. The zero-order valence-corrected chi connectivity index (χ0v) is 12.5. The second kappa shape index (κ2) is 7.02. The van der Waals surface area contributed by atoms with E-state index in [9.17, 15) is 10.1 Å². The van der Waals surface area contributed by atoms with Gasteiger partial charge in [-0.05, 0) is 30.5 Å². The van der Waals surface area contributed by atoms with Crippen molar-refractivity contribution < 1.29 is 4.92 Å². The second-order valence-corrected chi connectivity index (χ2v) is 5.61. The molecule has 21 heavy (non-hydrogen) atoms. The van der Waals surface area contributed by atoms with Crippen LogP contribution >= 0.6 is 0 Å². The molecule has 0 atom stereocenters. The number of pyridine rings is 1. The maximum absolute atomic E-state index is 11.0. The van der Waals surface area contributed by atoms with E-state index < -0.39 is 0 Å². The molecule has 2 rings (SSSR count). The summed E-state index contributed by atoms with van der Waals surface area (Å²) < 4.78 is 0. The number of hydrogen-bond acceptors (Lipinski definition) is 4. The molecule has 0 radical (unpaired) electrons. The fraction of sp³-hybridized carbons (Fsp3) is 0.438. The van der Waals surface area contributed by atoms with Gasteiger partial charge in [0.05, 0.1) is 4.92 Å². The summed E-state index contributed by atoms with van der Waals surface area (Å²) in [6.07, 6.45) is 5.09. The van der Waals surface area contributed by atoms with Gasteiger partial charge in [0, 0.05) is 29.9 Å². The zero-order valence-electron chi connectivity index (χ0n) is 12.5. The predicted molar refractivity (Wildman–Crippen MR) is 85.6 cm³/mol. The van der Waals surface area contributed by atoms with E-state index >= 15 is 0 Å². The van der Waals surface area contributed by atoms with E-state index in [1.807, 2.05) is 6.07 Å². The number of unbranched alkanes of at least 4 members (excludes halogenated alkanes) is 1. The first-order valence-corrected chi connectivity index (χ1v) is 7.35. The summed E-state index contributed by atoms with van der Waals surface area (Å²) in [5, 5.41) is 15.2. The molecule has 2 aromatic rings. The standard InChI is InChI=1S/C16H21N3O2/c1-12(2)6-3-4-10-17-14-8-9-15(19(20)21)16-13(14)7-5-11-18-16/h5,7-9,11-12,17H,3-4,6,10H2,1-2H3. The van der Waals surface area contributed by atoms with Crippen LogP contribution in [0.15, 0.2) is 30.5 Å². The lowest BCUT2D eigenvalue weighted by Crippen LogP contribution is -2.03. The van der Waals surface area contributed by atoms with Crippen LogP contribution in [0.2, 0.25) is 0 Å². The second-order valence-electron chi connectivity index (χ2n) is 5.61. The van der Waals surface area contributed by atoms with E-state index in [4.69, 9.17) is 0 Å². The van der Waals surface area contributed by atoms with Crippen molar-refractivity contribution in [2.24, 2.45) is 5.92 Å². The quantitative estimate of drug-likeness (QED) is 0.466. The van der Waals surface area contributed by atoms with Crippen LogP contribution in [-0.2, 0) is 0 Å². The highest BCUT2D eigenvalue weighted by molar-refractivity contribution is 5.96. The van der Waals surface area contributed by atoms with Crippen molar-refractivity contribution in [2.75, 3.05) is 11.9 Å². The van der Waals surface area contributed by atoms with Crippen molar-refractivity contribution >= 4 is 22.3 Å². The van der Waals surface area contributed by atoms with Gasteiger partial charge in [-0.15, -0.1) is 0 Å². The Morgan fingerprint density at radius 2 is 2.10 bits per heavy atom. The van der Waals surface area contributed by atoms with Crippen molar-refractivity contribution in [3.8, 4) is 0 Å². The summed E-state index contributed by atoms with van der Waals surface area (Å²) >= 11 is 0. The van der Waals surface area contributed by atoms with Crippen LogP contribution < -0.4 is 5.32 Å². The Labute approximate surface area is 124 Å². The third-order valence-electron chi connectivity index (χ3n) is 3.47. The highest BCUT2D eigenvalue weighted by Gasteiger charge is 2.14. The summed E-state index contributed by atoms with van der Waals surface area (Å²) in [5.74, 6) is 0.731. The summed E-state index contributed by atoms with van der Waals surface area (Å²) in [7, 11) is 0. The molecule has 0 unspecified atom stereocenters. The molecule has 5 heteroatoms. The molecule has 5 nitrogen and oxygen atoms in total. The molecule has 0 aliphatic carbocycles. The van der Waals surface area contributed by atoms with Crippen LogP contribution in [0.4, 0.5) is 11.4 Å². The van der Waals surface area contributed by atoms with Crippen molar-refractivity contribution in [3.63, 3.8) is 0 Å². The molecular weight excluding hydrogens is 266 g/mol. The van der Waals surface area contributed by atoms with Crippen molar-refractivity contribution in [1.82, 2.24) is 4.98 Å². The van der Waals surface area contributed by atoms with Gasteiger partial charge in [-0.25, -0.2) is 4.98 Å². The van der Waals surface area contributed by atoms with E-state index in [-0.39, 0.29) is 10.6 Å². The molecule has 0 saturated heterocycles. The van der Waals surface area contributed by atoms with Gasteiger partial charge in [-0.2, -0.15) is 0 Å². The van der Waals surface area contributed by atoms with Crippen LogP contribution in [0.1, 0.15) is 33.1 Å². The number of non-ortho nitro benzene ring substituents is 1. The average Bonchev–Trinajstić information content (AvgIpc) is 2.46. The van der Waals surface area contributed by atoms with Crippen LogP contribution in [0.25, 0.3) is 10.9 Å². The molecule has 0 aliphatic rings. The Kier molecular flexibility index (Phi) is 5.09. The first-order chi connectivity index (χ1) is 10.1. The van der Waals surface area contributed by atoms with Crippen LogP contribution in [-0.4, -0.2) is 16.5 Å². The van der Waals surface area contributed by atoms with Gasteiger partial charge in [-0.1, -0.05) is 26.7 Å². The average molecular weight is 287 g/mol. The van der Waals surface area contributed by atoms with Gasteiger partial charge in [0.15, 0.2) is 0 Å². The summed E-state index contributed by atoms with van der Waals surface area (Å²) in [6.45, 7) is 5.32. The third kappa shape index (κ3) is 3.90. The third-order valence-corrected chi connectivity index (χ3v) is 3.47. The van der Waals surface area contributed by atoms with Gasteiger partial charge in [-0.3, -0.25) is 10.1 Å². The Balaban J connectivity index is 2.11. The minimum Gasteiger partial charge on any atom is -0.384 e. The van der Waals surface area contributed by atoms with Crippen molar-refractivity contribution in [2.45, 2.75) is 33.1 Å². The van der Waals surface area contributed by atoms with Gasteiger partial charge >= 0.3 is 0 Å². The number of nitro benzene ring substituents is 1. The molecule has 1 heterocycles. The van der Waals surface area contributed by atoms with Crippen LogP contribution in [0.3, 0.4) is 0 Å². The molecule has 0 fully saturated rings. The number of aromatic nitrogens is 1. The Morgan fingerprint density at radius 3 is 2.81 bits per heavy atom. The largest absolute Gasteiger partial charge is 0.384 e. The lowest BCUT2D eigenvalue weighted by molar-refractivity contribution is -0.383. The highest BCUT2D eigenvalue weighted by atomic mass is 16.6. The van der Waals surface area contributed by atoms with E-state index in [2.05, 4.69) is 24.1 Å². The van der Waals surface area contributed by atoms with Crippen LogP contribution in [0, 0.1) is 16.0 Å². The maximum atomic E-state index is 11.0. The monoisotopic (exact) mass is 287 g/mol. The number of anilines is 1. The Hall–Kier alpha value is -2.17. The van der Waals surface area contributed by atoms with E-state index in [0.29, 0.717) is 5.52 Å². The summed E-state index contributed by atoms with van der Waals surface area (Å²) in [4.78, 5) is 14.8.